The Labute approximate surface area is 129 Å². The number of nitrogens with two attached hydrogens (primary N) is 1. The highest BCUT2D eigenvalue weighted by atomic mass is 16.5. The Morgan fingerprint density at radius 3 is 2.82 bits per heavy atom. The van der Waals surface area contributed by atoms with Crippen molar-refractivity contribution in [3.63, 3.8) is 0 Å². The topological polar surface area (TPSA) is 85.2 Å². The molecule has 1 aliphatic heterocycles. The van der Waals surface area contributed by atoms with Crippen LogP contribution in [0.15, 0.2) is 35.2 Å². The molecule has 6 heteroatoms. The third-order valence-corrected chi connectivity index (χ3v) is 4.37. The Bertz CT molecular complexity index is 624. The van der Waals surface area contributed by atoms with E-state index < -0.39 is 0 Å². The van der Waals surface area contributed by atoms with E-state index in [1.165, 1.54) is 6.39 Å². The van der Waals surface area contributed by atoms with Crippen molar-refractivity contribution in [1.82, 2.24) is 15.0 Å². The summed E-state index contributed by atoms with van der Waals surface area (Å²) < 4.78 is 4.73. The zero-order valence-electron chi connectivity index (χ0n) is 12.6. The molecule has 1 fully saturated rings. The van der Waals surface area contributed by atoms with Crippen LogP contribution in [0.25, 0.3) is 11.4 Å². The number of aromatic nitrogens is 2. The average Bonchev–Trinajstić information content (AvgIpc) is 3.08. The Hall–Kier alpha value is -2.21. The second kappa shape index (κ2) is 6.27. The van der Waals surface area contributed by atoms with Crippen molar-refractivity contribution in [2.24, 2.45) is 11.7 Å². The highest BCUT2D eigenvalue weighted by Crippen LogP contribution is 2.25. The van der Waals surface area contributed by atoms with Crippen molar-refractivity contribution in [1.29, 1.82) is 0 Å². The number of carbonyl (C=O) groups excluding carboxylic acids is 1. The van der Waals surface area contributed by atoms with Crippen LogP contribution in [0.1, 0.15) is 30.1 Å². The highest BCUT2D eigenvalue weighted by molar-refractivity contribution is 5.95. The second-order valence-corrected chi connectivity index (χ2v) is 5.75. The van der Waals surface area contributed by atoms with Crippen LogP contribution >= 0.6 is 0 Å². The van der Waals surface area contributed by atoms with E-state index in [2.05, 4.69) is 17.1 Å². The van der Waals surface area contributed by atoms with Crippen LogP contribution in [-0.2, 0) is 0 Å². The van der Waals surface area contributed by atoms with Crippen molar-refractivity contribution in [2.45, 2.75) is 25.8 Å². The van der Waals surface area contributed by atoms with E-state index in [1.807, 2.05) is 17.0 Å². The van der Waals surface area contributed by atoms with E-state index in [9.17, 15) is 4.79 Å². The van der Waals surface area contributed by atoms with Gasteiger partial charge in [0.15, 0.2) is 0 Å². The number of nitrogens with zero attached hydrogens (tertiary/aromatic N) is 3. The Morgan fingerprint density at radius 2 is 2.18 bits per heavy atom. The van der Waals surface area contributed by atoms with E-state index in [0.29, 0.717) is 23.9 Å². The molecule has 0 spiro atoms. The number of amides is 1. The molecule has 6 nitrogen and oxygen atoms in total. The number of likely N-dealkylation sites (tertiary alicyclic amines) is 1. The third kappa shape index (κ3) is 2.74. The summed E-state index contributed by atoms with van der Waals surface area (Å²) in [5, 5.41) is 3.79. The lowest BCUT2D eigenvalue weighted by Crippen LogP contribution is -2.51. The van der Waals surface area contributed by atoms with Gasteiger partial charge in [0.2, 0.25) is 12.2 Å². The van der Waals surface area contributed by atoms with Crippen LogP contribution < -0.4 is 5.73 Å². The highest BCUT2D eigenvalue weighted by Gasteiger charge is 2.31. The molecule has 1 aliphatic rings. The number of benzene rings is 1. The summed E-state index contributed by atoms with van der Waals surface area (Å²) in [6.45, 7) is 3.45. The molecule has 2 atom stereocenters. The van der Waals surface area contributed by atoms with Gasteiger partial charge in [-0.15, -0.1) is 0 Å². The number of hydrogen-bond acceptors (Lipinski definition) is 5. The lowest BCUT2D eigenvalue weighted by atomic mass is 9.90. The number of rotatable bonds is 3. The van der Waals surface area contributed by atoms with Crippen molar-refractivity contribution >= 4 is 5.91 Å². The summed E-state index contributed by atoms with van der Waals surface area (Å²) in [5.41, 5.74) is 7.36. The summed E-state index contributed by atoms with van der Waals surface area (Å²) >= 11 is 0. The summed E-state index contributed by atoms with van der Waals surface area (Å²) in [4.78, 5) is 18.6. The summed E-state index contributed by atoms with van der Waals surface area (Å²) in [6.07, 6.45) is 3.45. The van der Waals surface area contributed by atoms with Gasteiger partial charge in [-0.1, -0.05) is 24.2 Å². The predicted octanol–water partition coefficient (Wildman–Crippen LogP) is 1.94. The summed E-state index contributed by atoms with van der Waals surface area (Å²) in [7, 11) is 0. The fraction of sp³-hybridized carbons (Fsp3) is 0.438. The molecular formula is C16H20N4O2. The first-order valence-electron chi connectivity index (χ1n) is 7.58. The van der Waals surface area contributed by atoms with Crippen LogP contribution in [0, 0.1) is 5.92 Å². The lowest BCUT2D eigenvalue weighted by molar-refractivity contribution is 0.0532. The zero-order valence-corrected chi connectivity index (χ0v) is 12.6. The molecule has 0 saturated carbocycles. The zero-order chi connectivity index (χ0) is 15.5. The van der Waals surface area contributed by atoms with E-state index in [4.69, 9.17) is 10.3 Å². The molecule has 0 bridgehead atoms. The van der Waals surface area contributed by atoms with Gasteiger partial charge in [-0.3, -0.25) is 4.79 Å². The fourth-order valence-corrected chi connectivity index (χ4v) is 3.09. The molecule has 1 saturated heterocycles. The average molecular weight is 300 g/mol. The second-order valence-electron chi connectivity index (χ2n) is 5.75. The minimum atomic E-state index is 0.0432. The third-order valence-electron chi connectivity index (χ3n) is 4.37. The normalized spacial score (nSPS) is 21.8. The molecular weight excluding hydrogens is 280 g/mol. The molecule has 0 unspecified atom stereocenters. The lowest BCUT2D eigenvalue weighted by Gasteiger charge is -2.39. The van der Waals surface area contributed by atoms with Crippen LogP contribution in [0.5, 0.6) is 0 Å². The van der Waals surface area contributed by atoms with Crippen LogP contribution in [-0.4, -0.2) is 40.1 Å². The van der Waals surface area contributed by atoms with Gasteiger partial charge in [-0.2, -0.15) is 4.98 Å². The Kier molecular flexibility index (Phi) is 4.20. The number of hydrogen-bond donors (Lipinski definition) is 1. The van der Waals surface area contributed by atoms with Crippen molar-refractivity contribution in [2.75, 3.05) is 13.1 Å². The first-order chi connectivity index (χ1) is 10.7. The Morgan fingerprint density at radius 1 is 1.41 bits per heavy atom. The number of piperidine rings is 1. The molecule has 22 heavy (non-hydrogen) atoms. The van der Waals surface area contributed by atoms with E-state index >= 15 is 0 Å². The quantitative estimate of drug-likeness (QED) is 0.936. The first kappa shape index (κ1) is 14.7. The molecule has 116 valence electrons. The molecule has 0 radical (unpaired) electrons. The monoisotopic (exact) mass is 300 g/mol. The SMILES string of the molecule is C[C@H]1CCCN(C(=O)c2ccc(-c3ncon3)cc2)[C@@H]1CN. The van der Waals surface area contributed by atoms with Gasteiger partial charge in [0.1, 0.15) is 0 Å². The molecule has 0 aliphatic carbocycles. The van der Waals surface area contributed by atoms with Crippen LogP contribution in [0.4, 0.5) is 0 Å². The first-order valence-corrected chi connectivity index (χ1v) is 7.58. The smallest absolute Gasteiger partial charge is 0.254 e. The van der Waals surface area contributed by atoms with Crippen LogP contribution in [0.3, 0.4) is 0 Å². The van der Waals surface area contributed by atoms with Gasteiger partial charge >= 0.3 is 0 Å². The van der Waals surface area contributed by atoms with Crippen molar-refractivity contribution in [3.05, 3.63) is 36.2 Å². The van der Waals surface area contributed by atoms with Crippen LogP contribution in [0.2, 0.25) is 0 Å². The van der Waals surface area contributed by atoms with Crippen molar-refractivity contribution in [3.8, 4) is 11.4 Å². The minimum absolute atomic E-state index is 0.0432. The maximum Gasteiger partial charge on any atom is 0.254 e. The fourth-order valence-electron chi connectivity index (χ4n) is 3.09. The maximum absolute atomic E-state index is 12.7. The standard InChI is InChI=1S/C16H20N4O2/c1-11-3-2-8-20(14(11)9-17)16(21)13-6-4-12(5-7-13)15-18-10-22-19-15/h4-7,10-11,14H,2-3,8-9,17H2,1H3/t11-,14+/m0/s1. The van der Waals surface area contributed by atoms with E-state index in [0.717, 1.165) is 24.9 Å². The minimum Gasteiger partial charge on any atom is -0.342 e. The molecule has 1 amide bonds. The summed E-state index contributed by atoms with van der Waals surface area (Å²) in [5.74, 6) is 1.01. The van der Waals surface area contributed by atoms with Gasteiger partial charge in [-0.05, 0) is 30.9 Å². The predicted molar refractivity (Wildman–Crippen MR) is 82.0 cm³/mol. The van der Waals surface area contributed by atoms with Gasteiger partial charge in [-0.25, -0.2) is 0 Å². The van der Waals surface area contributed by atoms with Gasteiger partial charge < -0.3 is 15.2 Å². The Balaban J connectivity index is 1.79. The number of carbonyl (C=O) groups is 1. The molecule has 1 aromatic heterocycles. The molecule has 2 heterocycles. The van der Waals surface area contributed by atoms with Crippen molar-refractivity contribution < 1.29 is 9.32 Å². The molecule has 2 N–H and O–H groups in total. The summed E-state index contributed by atoms with van der Waals surface area (Å²) in [6, 6.07) is 7.41. The maximum atomic E-state index is 12.7. The molecule has 3 rings (SSSR count). The molecule has 2 aromatic rings. The largest absolute Gasteiger partial charge is 0.342 e. The van der Waals surface area contributed by atoms with E-state index in [1.54, 1.807) is 12.1 Å². The van der Waals surface area contributed by atoms with Gasteiger partial charge in [0, 0.05) is 30.3 Å². The van der Waals surface area contributed by atoms with E-state index in [-0.39, 0.29) is 11.9 Å². The molecule has 1 aromatic carbocycles. The van der Waals surface area contributed by atoms with Gasteiger partial charge in [0.25, 0.3) is 5.91 Å². The van der Waals surface area contributed by atoms with Gasteiger partial charge in [0.05, 0.1) is 0 Å².